The van der Waals surface area contributed by atoms with E-state index in [-0.39, 0.29) is 29.4 Å². The molecular weight excluding hydrogens is 777 g/mol. The molecule has 0 radical (unpaired) electrons. The third kappa shape index (κ3) is 11.3. The molecule has 14 heteroatoms. The number of H-pyrrole nitrogens is 1. The van der Waals surface area contributed by atoms with Crippen molar-refractivity contribution in [3.63, 3.8) is 0 Å². The largest absolute Gasteiger partial charge is 0.494 e. The Hall–Kier alpha value is -6.83. The lowest BCUT2D eigenvalue weighted by Crippen LogP contribution is -2.47. The number of hydrogen-bond acceptors (Lipinski definition) is 10. The van der Waals surface area contributed by atoms with Crippen molar-refractivity contribution in [1.82, 2.24) is 29.7 Å². The first-order chi connectivity index (χ1) is 29.7. The number of hydrogen-bond donors (Lipinski definition) is 2. The number of aryl methyl sites for hydroxylation is 1. The molecule has 2 N–H and O–H groups in total. The third-order valence-corrected chi connectivity index (χ3v) is 10.8. The van der Waals surface area contributed by atoms with Gasteiger partial charge in [0.05, 0.1) is 24.3 Å². The van der Waals surface area contributed by atoms with Gasteiger partial charge in [0.1, 0.15) is 24.2 Å². The fourth-order valence-electron chi connectivity index (χ4n) is 7.09. The molecule has 7 rings (SSSR count). The van der Waals surface area contributed by atoms with Crippen molar-refractivity contribution < 1.29 is 33.4 Å². The predicted octanol–water partition coefficient (Wildman–Crippen LogP) is 7.09. The van der Waals surface area contributed by atoms with Crippen LogP contribution in [-0.4, -0.2) is 88.3 Å². The lowest BCUT2D eigenvalue weighted by atomic mass is 9.96. The van der Waals surface area contributed by atoms with Crippen molar-refractivity contribution in [3.05, 3.63) is 113 Å². The van der Waals surface area contributed by atoms with Crippen LogP contribution in [0.3, 0.4) is 0 Å². The van der Waals surface area contributed by atoms with Gasteiger partial charge in [-0.05, 0) is 93.3 Å². The van der Waals surface area contributed by atoms with E-state index in [2.05, 4.69) is 62.2 Å². The number of nitrogens with one attached hydrogen (secondary N) is 2. The zero-order valence-corrected chi connectivity index (χ0v) is 34.8. The van der Waals surface area contributed by atoms with Gasteiger partial charge < -0.3 is 38.8 Å². The van der Waals surface area contributed by atoms with E-state index in [0.717, 1.165) is 55.5 Å². The summed E-state index contributed by atoms with van der Waals surface area (Å²) in [5, 5.41) is 4.92. The van der Waals surface area contributed by atoms with Crippen molar-refractivity contribution in [2.45, 2.75) is 69.9 Å². The van der Waals surface area contributed by atoms with Crippen molar-refractivity contribution in [2.24, 2.45) is 7.05 Å². The van der Waals surface area contributed by atoms with Crippen LogP contribution in [-0.2, 0) is 16.6 Å². The minimum Gasteiger partial charge on any atom is -0.494 e. The topological polar surface area (TPSA) is 175 Å². The lowest BCUT2D eigenvalue weighted by molar-refractivity contribution is -0.125. The van der Waals surface area contributed by atoms with Gasteiger partial charge in [-0.1, -0.05) is 12.1 Å². The molecule has 1 aliphatic rings. The number of rotatable bonds is 19. The lowest BCUT2D eigenvalue weighted by Gasteiger charge is -2.27. The molecule has 0 saturated heterocycles. The molecule has 1 aliphatic carbocycles. The van der Waals surface area contributed by atoms with Gasteiger partial charge in [0.15, 0.2) is 17.6 Å². The molecule has 1 unspecified atom stereocenters. The number of amides is 2. The fraction of sp³-hybridized carbons (Fsp3) is 0.340. The van der Waals surface area contributed by atoms with E-state index < -0.39 is 17.9 Å². The summed E-state index contributed by atoms with van der Waals surface area (Å²) in [6, 6.07) is 19.3. The normalized spacial score (nSPS) is 12.7. The van der Waals surface area contributed by atoms with E-state index in [0.29, 0.717) is 43.5 Å². The molecule has 4 heterocycles. The van der Waals surface area contributed by atoms with Crippen LogP contribution < -0.4 is 25.0 Å². The minimum absolute atomic E-state index is 0.109. The van der Waals surface area contributed by atoms with E-state index in [1.807, 2.05) is 24.7 Å². The quantitative estimate of drug-likeness (QED) is 0.0634. The van der Waals surface area contributed by atoms with Gasteiger partial charge in [-0.15, -0.1) is 0 Å². The SMILES string of the molecule is CNC(=O)C(CCC=O)N(C)C(=O)c1cc(OCCCCCCOc2cc(=O)cc[nH]2)ccc1C=O.Cn1c2ccncc2c2ccc(-c3ccc(OC4CCC4)nc3)cc21. The van der Waals surface area contributed by atoms with Gasteiger partial charge in [0, 0.05) is 98.0 Å². The average molecular weight is 829 g/mol. The number of ether oxygens (including phenoxy) is 3. The Labute approximate surface area is 354 Å². The molecule has 2 aromatic carbocycles. The Bertz CT molecular complexity index is 2490. The van der Waals surface area contributed by atoms with Crippen LogP contribution in [0.1, 0.15) is 78.5 Å². The number of aldehydes is 2. The predicted molar refractivity (Wildman–Crippen MR) is 233 cm³/mol. The van der Waals surface area contributed by atoms with Gasteiger partial charge in [0.25, 0.3) is 5.91 Å². The Morgan fingerprint density at radius 1 is 0.918 bits per heavy atom. The first-order valence-electron chi connectivity index (χ1n) is 20.6. The van der Waals surface area contributed by atoms with E-state index in [1.54, 1.807) is 12.3 Å². The number of benzene rings is 2. The molecule has 2 amide bonds. The first-order valence-corrected chi connectivity index (χ1v) is 20.6. The zero-order valence-electron chi connectivity index (χ0n) is 34.8. The van der Waals surface area contributed by atoms with Crippen LogP contribution >= 0.6 is 0 Å². The number of pyridine rings is 3. The molecule has 14 nitrogen and oxygen atoms in total. The van der Waals surface area contributed by atoms with Crippen molar-refractivity contribution >= 4 is 46.2 Å². The Kier molecular flexibility index (Phi) is 15.4. The molecule has 0 bridgehead atoms. The molecule has 4 aromatic heterocycles. The second kappa shape index (κ2) is 21.4. The number of likely N-dealkylation sites (N-methyl/N-ethyl adjacent to an activating group) is 2. The van der Waals surface area contributed by atoms with E-state index in [1.165, 1.54) is 71.5 Å². The van der Waals surface area contributed by atoms with E-state index in [9.17, 15) is 24.0 Å². The number of carbonyl (C=O) groups excluding carboxylic acids is 4. The Balaban J connectivity index is 0.000000215. The summed E-state index contributed by atoms with van der Waals surface area (Å²) in [7, 11) is 5.02. The van der Waals surface area contributed by atoms with Gasteiger partial charge in [0.2, 0.25) is 11.8 Å². The molecule has 61 heavy (non-hydrogen) atoms. The van der Waals surface area contributed by atoms with Crippen LogP contribution in [0.2, 0.25) is 0 Å². The van der Waals surface area contributed by atoms with Crippen LogP contribution in [0.5, 0.6) is 17.5 Å². The molecule has 0 aliphatic heterocycles. The van der Waals surface area contributed by atoms with E-state index in [4.69, 9.17) is 14.2 Å². The van der Waals surface area contributed by atoms with Gasteiger partial charge in [-0.3, -0.25) is 24.2 Å². The van der Waals surface area contributed by atoms with Crippen molar-refractivity contribution in [3.8, 4) is 28.6 Å². The standard InChI is InChI=1S/C26H33N3O7.C21H19N3O/c1-27-25(33)23(8-7-13-30)29(2)26(34)22-17-21(10-9-19(22)18-31)35-14-5-3-4-6-15-36-24-16-20(32)11-12-28-24;1-24-19-9-10-22-13-18(19)17-7-5-14(11-20(17)24)15-6-8-21(23-12-15)25-16-3-2-4-16/h9-13,16-18,23H,3-8,14-15H2,1-2H3,(H,27,33)(H,28,32);5-13,16H,2-4H2,1H3. The summed E-state index contributed by atoms with van der Waals surface area (Å²) in [4.78, 5) is 71.8. The second-order valence-corrected chi connectivity index (χ2v) is 14.9. The van der Waals surface area contributed by atoms with Crippen molar-refractivity contribution in [1.29, 1.82) is 0 Å². The summed E-state index contributed by atoms with van der Waals surface area (Å²) in [5.74, 6) is 0.714. The highest BCUT2D eigenvalue weighted by molar-refractivity contribution is 6.08. The number of unbranched alkanes of at least 4 members (excludes halogenated alkanes) is 3. The summed E-state index contributed by atoms with van der Waals surface area (Å²) < 4.78 is 19.3. The molecule has 6 aromatic rings. The zero-order chi connectivity index (χ0) is 43.1. The smallest absolute Gasteiger partial charge is 0.255 e. The summed E-state index contributed by atoms with van der Waals surface area (Å²) in [5.41, 5.74) is 4.87. The van der Waals surface area contributed by atoms with Gasteiger partial charge in [-0.25, -0.2) is 4.98 Å². The number of carbonyl (C=O) groups is 4. The molecule has 1 atom stereocenters. The van der Waals surface area contributed by atoms with Gasteiger partial charge >= 0.3 is 0 Å². The van der Waals surface area contributed by atoms with Crippen molar-refractivity contribution in [2.75, 3.05) is 27.3 Å². The monoisotopic (exact) mass is 828 g/mol. The average Bonchev–Trinajstić information content (AvgIpc) is 3.56. The summed E-state index contributed by atoms with van der Waals surface area (Å²) in [6.45, 7) is 0.924. The summed E-state index contributed by atoms with van der Waals surface area (Å²) >= 11 is 0. The second-order valence-electron chi connectivity index (χ2n) is 14.9. The number of aromatic amines is 1. The highest BCUT2D eigenvalue weighted by Gasteiger charge is 2.28. The Morgan fingerprint density at radius 3 is 2.39 bits per heavy atom. The number of nitrogens with zero attached hydrogens (tertiary/aromatic N) is 4. The molecule has 1 fully saturated rings. The van der Waals surface area contributed by atoms with Crippen LogP contribution in [0.15, 0.2) is 96.3 Å². The minimum atomic E-state index is -0.845. The Morgan fingerprint density at radius 2 is 1.70 bits per heavy atom. The maximum atomic E-state index is 13.1. The first kappa shape index (κ1) is 43.7. The number of aromatic nitrogens is 4. The number of fused-ring (bicyclic) bond motifs is 3. The molecular formula is C47H52N6O8. The van der Waals surface area contributed by atoms with E-state index >= 15 is 0 Å². The third-order valence-electron chi connectivity index (χ3n) is 10.8. The molecule has 1 saturated carbocycles. The fourth-order valence-corrected chi connectivity index (χ4v) is 7.09. The summed E-state index contributed by atoms with van der Waals surface area (Å²) in [6.07, 6.45) is 16.1. The van der Waals surface area contributed by atoms with Crippen LogP contribution in [0.25, 0.3) is 32.9 Å². The molecule has 318 valence electrons. The van der Waals surface area contributed by atoms with Gasteiger partial charge in [-0.2, -0.15) is 0 Å². The van der Waals surface area contributed by atoms with Crippen LogP contribution in [0, 0.1) is 0 Å². The molecule has 0 spiro atoms. The van der Waals surface area contributed by atoms with Crippen LogP contribution in [0.4, 0.5) is 0 Å². The maximum Gasteiger partial charge on any atom is 0.255 e. The highest BCUT2D eigenvalue weighted by Crippen LogP contribution is 2.32. The highest BCUT2D eigenvalue weighted by atomic mass is 16.5. The maximum absolute atomic E-state index is 13.1.